The quantitative estimate of drug-likeness (QED) is 0.826. The maximum absolute atomic E-state index is 12.0. The number of hydrogen-bond donors (Lipinski definition) is 2. The molecule has 0 spiro atoms. The normalized spacial score (nSPS) is 12.0. The van der Waals surface area contributed by atoms with Gasteiger partial charge in [-0.1, -0.05) is 5.16 Å². The molecule has 2 amide bonds. The highest BCUT2D eigenvalue weighted by molar-refractivity contribution is 6.39. The second kappa shape index (κ2) is 6.64. The van der Waals surface area contributed by atoms with Crippen molar-refractivity contribution in [1.82, 2.24) is 20.3 Å². The molecule has 0 saturated heterocycles. The van der Waals surface area contributed by atoms with Gasteiger partial charge in [-0.25, -0.2) is 0 Å². The van der Waals surface area contributed by atoms with Crippen molar-refractivity contribution in [3.8, 4) is 0 Å². The van der Waals surface area contributed by atoms with E-state index in [4.69, 9.17) is 4.52 Å². The van der Waals surface area contributed by atoms with Crippen LogP contribution in [0.15, 0.2) is 10.6 Å². The van der Waals surface area contributed by atoms with Gasteiger partial charge in [0.15, 0.2) is 5.76 Å². The zero-order valence-corrected chi connectivity index (χ0v) is 13.9. The molecule has 0 aliphatic carbocycles. The largest absolute Gasteiger partial charge is 0.359 e. The summed E-state index contributed by atoms with van der Waals surface area (Å²) < 4.78 is 6.74. The Balaban J connectivity index is 1.93. The van der Waals surface area contributed by atoms with E-state index in [1.165, 1.54) is 0 Å². The van der Waals surface area contributed by atoms with Gasteiger partial charge in [0.25, 0.3) is 0 Å². The lowest BCUT2D eigenvalue weighted by Crippen LogP contribution is -2.42. The standard InChI is InChI=1S/C15H21N5O3/c1-8-6-10(3)20(18-8)7-9(2)16-14(21)15(22)17-13-11(4)19-23-12(13)5/h6,9H,7H2,1-5H3,(H,16,21)(H,17,22)/t9-/m1/s1. The Morgan fingerprint density at radius 3 is 2.48 bits per heavy atom. The predicted molar refractivity (Wildman–Crippen MR) is 83.9 cm³/mol. The van der Waals surface area contributed by atoms with E-state index < -0.39 is 11.8 Å². The van der Waals surface area contributed by atoms with Crippen LogP contribution in [-0.4, -0.2) is 32.8 Å². The van der Waals surface area contributed by atoms with Gasteiger partial charge >= 0.3 is 11.8 Å². The molecule has 0 aliphatic heterocycles. The van der Waals surface area contributed by atoms with E-state index >= 15 is 0 Å². The van der Waals surface area contributed by atoms with Crippen LogP contribution in [0.5, 0.6) is 0 Å². The summed E-state index contributed by atoms with van der Waals surface area (Å²) in [6, 6.07) is 1.72. The molecule has 2 heterocycles. The first-order valence-electron chi connectivity index (χ1n) is 7.33. The van der Waals surface area contributed by atoms with Crippen molar-refractivity contribution in [1.29, 1.82) is 0 Å². The van der Waals surface area contributed by atoms with Crippen molar-refractivity contribution in [3.05, 3.63) is 28.9 Å². The van der Waals surface area contributed by atoms with Gasteiger partial charge in [0.05, 0.1) is 12.2 Å². The summed E-state index contributed by atoms with van der Waals surface area (Å²) in [4.78, 5) is 23.9. The molecule has 0 fully saturated rings. The van der Waals surface area contributed by atoms with E-state index in [-0.39, 0.29) is 6.04 Å². The summed E-state index contributed by atoms with van der Waals surface area (Å²) in [6.45, 7) is 9.51. The van der Waals surface area contributed by atoms with Gasteiger partial charge in [-0.2, -0.15) is 5.10 Å². The maximum Gasteiger partial charge on any atom is 0.313 e. The van der Waals surface area contributed by atoms with Gasteiger partial charge < -0.3 is 15.2 Å². The van der Waals surface area contributed by atoms with Crippen molar-refractivity contribution >= 4 is 17.5 Å². The number of carbonyl (C=O) groups is 2. The number of aryl methyl sites for hydroxylation is 4. The molecule has 2 aromatic heterocycles. The smallest absolute Gasteiger partial charge is 0.313 e. The topological polar surface area (TPSA) is 102 Å². The SMILES string of the molecule is Cc1cc(C)n(C[C@@H](C)NC(=O)C(=O)Nc2c(C)noc2C)n1. The van der Waals surface area contributed by atoms with Crippen molar-refractivity contribution in [2.45, 2.75) is 47.2 Å². The molecular weight excluding hydrogens is 298 g/mol. The van der Waals surface area contributed by atoms with E-state index in [0.717, 1.165) is 11.4 Å². The van der Waals surface area contributed by atoms with Crippen LogP contribution in [0.4, 0.5) is 5.69 Å². The molecule has 23 heavy (non-hydrogen) atoms. The molecule has 124 valence electrons. The molecule has 0 aliphatic rings. The highest BCUT2D eigenvalue weighted by Gasteiger charge is 2.20. The van der Waals surface area contributed by atoms with Gasteiger partial charge in [-0.3, -0.25) is 14.3 Å². The maximum atomic E-state index is 12.0. The minimum absolute atomic E-state index is 0.240. The molecule has 8 heteroatoms. The number of aromatic nitrogens is 3. The Morgan fingerprint density at radius 2 is 1.96 bits per heavy atom. The summed E-state index contributed by atoms with van der Waals surface area (Å²) in [5.74, 6) is -1.00. The van der Waals surface area contributed by atoms with Crippen molar-refractivity contribution in [3.63, 3.8) is 0 Å². The summed E-state index contributed by atoms with van der Waals surface area (Å²) >= 11 is 0. The molecular formula is C15H21N5O3. The Kier molecular flexibility index (Phi) is 4.83. The summed E-state index contributed by atoms with van der Waals surface area (Å²) in [7, 11) is 0. The number of hydrogen-bond acceptors (Lipinski definition) is 5. The van der Waals surface area contributed by atoms with E-state index in [1.54, 1.807) is 18.5 Å². The molecule has 2 rings (SSSR count). The molecule has 0 unspecified atom stereocenters. The van der Waals surface area contributed by atoms with Gasteiger partial charge in [0.2, 0.25) is 0 Å². The first kappa shape index (κ1) is 16.7. The number of nitrogens with zero attached hydrogens (tertiary/aromatic N) is 3. The van der Waals surface area contributed by atoms with Gasteiger partial charge in [-0.15, -0.1) is 0 Å². The van der Waals surface area contributed by atoms with Crippen LogP contribution >= 0.6 is 0 Å². The molecule has 2 aromatic rings. The number of carbonyl (C=O) groups excluding carboxylic acids is 2. The van der Waals surface area contributed by atoms with Crippen LogP contribution in [0.1, 0.15) is 29.8 Å². The fourth-order valence-electron chi connectivity index (χ4n) is 2.29. The van der Waals surface area contributed by atoms with Crippen LogP contribution in [0, 0.1) is 27.7 Å². The third-order valence-electron chi connectivity index (χ3n) is 3.41. The first-order valence-corrected chi connectivity index (χ1v) is 7.33. The van der Waals surface area contributed by atoms with Gasteiger partial charge in [-0.05, 0) is 40.7 Å². The predicted octanol–water partition coefficient (Wildman–Crippen LogP) is 1.25. The first-order chi connectivity index (χ1) is 10.8. The minimum atomic E-state index is -0.750. The lowest BCUT2D eigenvalue weighted by atomic mass is 10.3. The minimum Gasteiger partial charge on any atom is -0.359 e. The van der Waals surface area contributed by atoms with Crippen molar-refractivity contribution < 1.29 is 14.1 Å². The lowest BCUT2D eigenvalue weighted by Gasteiger charge is -2.14. The fraction of sp³-hybridized carbons (Fsp3) is 0.467. The van der Waals surface area contributed by atoms with E-state index in [0.29, 0.717) is 23.7 Å². The molecule has 0 aromatic carbocycles. The fourth-order valence-corrected chi connectivity index (χ4v) is 2.29. The van der Waals surface area contributed by atoms with Gasteiger partial charge in [0.1, 0.15) is 11.4 Å². The summed E-state index contributed by atoms with van der Waals surface area (Å²) in [6.07, 6.45) is 0. The van der Waals surface area contributed by atoms with Crippen molar-refractivity contribution in [2.24, 2.45) is 0 Å². The van der Waals surface area contributed by atoms with Crippen molar-refractivity contribution in [2.75, 3.05) is 5.32 Å². The van der Waals surface area contributed by atoms with Gasteiger partial charge in [0, 0.05) is 11.7 Å². The monoisotopic (exact) mass is 319 g/mol. The third kappa shape index (κ3) is 3.97. The highest BCUT2D eigenvalue weighted by Crippen LogP contribution is 2.18. The average Bonchev–Trinajstić information content (AvgIpc) is 2.94. The number of anilines is 1. The van der Waals surface area contributed by atoms with Crippen LogP contribution in [0.3, 0.4) is 0 Å². The summed E-state index contributed by atoms with van der Waals surface area (Å²) in [5.41, 5.74) is 2.87. The number of amides is 2. The Labute approximate surface area is 134 Å². The Hall–Kier alpha value is -2.64. The molecule has 0 radical (unpaired) electrons. The van der Waals surface area contributed by atoms with Crippen LogP contribution in [0.25, 0.3) is 0 Å². The van der Waals surface area contributed by atoms with E-state index in [9.17, 15) is 9.59 Å². The third-order valence-corrected chi connectivity index (χ3v) is 3.41. The second-order valence-electron chi connectivity index (χ2n) is 5.64. The summed E-state index contributed by atoms with van der Waals surface area (Å²) in [5, 5.41) is 13.2. The Morgan fingerprint density at radius 1 is 1.26 bits per heavy atom. The number of rotatable bonds is 4. The van der Waals surface area contributed by atoms with Crippen LogP contribution in [0.2, 0.25) is 0 Å². The van der Waals surface area contributed by atoms with E-state index in [1.807, 2.05) is 26.8 Å². The highest BCUT2D eigenvalue weighted by atomic mass is 16.5. The molecule has 0 bridgehead atoms. The van der Waals surface area contributed by atoms with E-state index in [2.05, 4.69) is 20.9 Å². The molecule has 2 N–H and O–H groups in total. The zero-order valence-electron chi connectivity index (χ0n) is 13.9. The molecule has 1 atom stereocenters. The van der Waals surface area contributed by atoms with Crippen LogP contribution < -0.4 is 10.6 Å². The number of nitrogens with one attached hydrogen (secondary N) is 2. The zero-order chi connectivity index (χ0) is 17.1. The molecule has 8 nitrogen and oxygen atoms in total. The second-order valence-corrected chi connectivity index (χ2v) is 5.64. The Bertz CT molecular complexity index is 712. The lowest BCUT2D eigenvalue weighted by molar-refractivity contribution is -0.136. The van der Waals surface area contributed by atoms with Crippen LogP contribution in [-0.2, 0) is 16.1 Å². The molecule has 0 saturated carbocycles. The average molecular weight is 319 g/mol.